The Morgan fingerprint density at radius 3 is 2.27 bits per heavy atom. The minimum atomic E-state index is -0.224. The minimum Gasteiger partial charge on any atom is -0.494 e. The van der Waals surface area contributed by atoms with Crippen molar-refractivity contribution in [2.45, 2.75) is 77.0 Å². The van der Waals surface area contributed by atoms with Gasteiger partial charge < -0.3 is 10.1 Å². The van der Waals surface area contributed by atoms with Crippen molar-refractivity contribution in [3.05, 3.63) is 90.8 Å². The van der Waals surface area contributed by atoms with Crippen LogP contribution in [-0.2, 0) is 4.79 Å². The Bertz CT molecular complexity index is 1210. The van der Waals surface area contributed by atoms with E-state index in [-0.39, 0.29) is 11.7 Å². The molecule has 1 N–H and O–H groups in total. The molecule has 212 valence electrons. The van der Waals surface area contributed by atoms with E-state index >= 15 is 4.39 Å². The van der Waals surface area contributed by atoms with E-state index in [1.54, 1.807) is 6.07 Å². The van der Waals surface area contributed by atoms with Crippen molar-refractivity contribution < 1.29 is 13.9 Å². The lowest BCUT2D eigenvalue weighted by Gasteiger charge is -2.29. The maximum absolute atomic E-state index is 15.2. The van der Waals surface area contributed by atoms with Crippen molar-refractivity contribution in [2.75, 3.05) is 13.2 Å². The Balaban J connectivity index is 1.28. The predicted molar refractivity (Wildman–Crippen MR) is 164 cm³/mol. The molecule has 0 radical (unpaired) electrons. The second-order valence-corrected chi connectivity index (χ2v) is 11.1. The fourth-order valence-electron chi connectivity index (χ4n) is 5.78. The third kappa shape index (κ3) is 8.55. The molecule has 1 saturated carbocycles. The van der Waals surface area contributed by atoms with Gasteiger partial charge in [-0.2, -0.15) is 0 Å². The largest absolute Gasteiger partial charge is 0.494 e. The molecule has 0 unspecified atom stereocenters. The second-order valence-electron chi connectivity index (χ2n) is 11.1. The van der Waals surface area contributed by atoms with E-state index < -0.39 is 0 Å². The molecule has 1 aliphatic carbocycles. The smallest absolute Gasteiger partial charge is 0.243 e. The third-order valence-electron chi connectivity index (χ3n) is 8.24. The van der Waals surface area contributed by atoms with Crippen molar-refractivity contribution in [1.29, 1.82) is 0 Å². The van der Waals surface area contributed by atoms with Crippen LogP contribution in [0.4, 0.5) is 4.39 Å². The summed E-state index contributed by atoms with van der Waals surface area (Å²) in [5.41, 5.74) is 4.78. The molecule has 0 atom stereocenters. The summed E-state index contributed by atoms with van der Waals surface area (Å²) in [6, 6.07) is 21.8. The summed E-state index contributed by atoms with van der Waals surface area (Å²) in [6.07, 6.45) is 13.7. The topological polar surface area (TPSA) is 38.3 Å². The molecule has 3 nitrogen and oxygen atoms in total. The molecule has 0 aromatic heterocycles. The Morgan fingerprint density at radius 1 is 0.900 bits per heavy atom. The number of ether oxygens (including phenoxy) is 1. The average molecular weight is 542 g/mol. The van der Waals surface area contributed by atoms with Gasteiger partial charge in [-0.3, -0.25) is 4.79 Å². The molecular formula is C36H44FNO2. The molecule has 0 bridgehead atoms. The molecule has 0 saturated heterocycles. The Kier molecular flexibility index (Phi) is 11.4. The number of carbonyl (C=O) groups is 1. The van der Waals surface area contributed by atoms with E-state index in [1.165, 1.54) is 63.0 Å². The van der Waals surface area contributed by atoms with Gasteiger partial charge in [0.2, 0.25) is 5.91 Å². The highest BCUT2D eigenvalue weighted by Gasteiger charge is 2.22. The van der Waals surface area contributed by atoms with Crippen LogP contribution >= 0.6 is 0 Å². The summed E-state index contributed by atoms with van der Waals surface area (Å²) >= 11 is 0. The van der Waals surface area contributed by atoms with Gasteiger partial charge in [-0.15, -0.1) is 0 Å². The van der Waals surface area contributed by atoms with E-state index in [0.29, 0.717) is 24.6 Å². The van der Waals surface area contributed by atoms with E-state index in [2.05, 4.69) is 43.1 Å². The first-order valence-electron chi connectivity index (χ1n) is 15.1. The number of hydrogen-bond donors (Lipinski definition) is 1. The van der Waals surface area contributed by atoms with E-state index in [4.69, 9.17) is 4.74 Å². The SMILES string of the molecule is C=CC(=O)NCCCCOc1ccc(-c2ccc(-c3ccc(C4CCC(CCCCC)CC4)cc3)cc2F)cc1. The number of hydrogen-bond acceptors (Lipinski definition) is 2. The van der Waals surface area contributed by atoms with Gasteiger partial charge in [0.15, 0.2) is 0 Å². The van der Waals surface area contributed by atoms with Gasteiger partial charge in [0.1, 0.15) is 11.6 Å². The highest BCUT2D eigenvalue weighted by Crippen LogP contribution is 2.38. The summed E-state index contributed by atoms with van der Waals surface area (Å²) in [5.74, 6) is 1.95. The Hall–Kier alpha value is -3.40. The van der Waals surface area contributed by atoms with Crippen molar-refractivity contribution in [3.63, 3.8) is 0 Å². The van der Waals surface area contributed by atoms with Crippen LogP contribution in [0, 0.1) is 11.7 Å². The summed E-state index contributed by atoms with van der Waals surface area (Å²) in [7, 11) is 0. The molecule has 4 rings (SSSR count). The van der Waals surface area contributed by atoms with Crippen molar-refractivity contribution in [2.24, 2.45) is 5.92 Å². The van der Waals surface area contributed by atoms with Gasteiger partial charge in [0.05, 0.1) is 6.61 Å². The van der Waals surface area contributed by atoms with Crippen LogP contribution in [0.1, 0.15) is 82.6 Å². The van der Waals surface area contributed by atoms with Crippen molar-refractivity contribution >= 4 is 5.91 Å². The molecule has 1 amide bonds. The lowest BCUT2D eigenvalue weighted by molar-refractivity contribution is -0.116. The second kappa shape index (κ2) is 15.4. The van der Waals surface area contributed by atoms with E-state index in [9.17, 15) is 4.79 Å². The molecule has 4 heteroatoms. The maximum Gasteiger partial charge on any atom is 0.243 e. The van der Waals surface area contributed by atoms with Gasteiger partial charge in [-0.05, 0) is 96.9 Å². The summed E-state index contributed by atoms with van der Waals surface area (Å²) < 4.78 is 21.0. The molecule has 3 aromatic rings. The Morgan fingerprint density at radius 2 is 1.60 bits per heavy atom. The van der Waals surface area contributed by atoms with Crippen molar-refractivity contribution in [3.8, 4) is 28.0 Å². The minimum absolute atomic E-state index is 0.157. The third-order valence-corrected chi connectivity index (χ3v) is 8.24. The zero-order valence-corrected chi connectivity index (χ0v) is 24.0. The number of halogens is 1. The van der Waals surface area contributed by atoms with Crippen LogP contribution in [0.25, 0.3) is 22.3 Å². The first kappa shape index (κ1) is 29.6. The lowest BCUT2D eigenvalue weighted by atomic mass is 9.77. The zero-order valence-electron chi connectivity index (χ0n) is 24.0. The summed E-state index contributed by atoms with van der Waals surface area (Å²) in [4.78, 5) is 11.1. The first-order chi connectivity index (χ1) is 19.6. The molecule has 1 fully saturated rings. The van der Waals surface area contributed by atoms with Gasteiger partial charge in [-0.25, -0.2) is 4.39 Å². The van der Waals surface area contributed by atoms with Crippen LogP contribution in [0.5, 0.6) is 5.75 Å². The number of carbonyl (C=O) groups excluding carboxylic acids is 1. The fraction of sp³-hybridized carbons (Fsp3) is 0.417. The molecule has 40 heavy (non-hydrogen) atoms. The molecule has 0 spiro atoms. The zero-order chi connectivity index (χ0) is 28.2. The molecular weight excluding hydrogens is 497 g/mol. The van der Waals surface area contributed by atoms with Gasteiger partial charge in [-0.1, -0.05) is 87.7 Å². The Labute approximate surface area is 239 Å². The highest BCUT2D eigenvalue weighted by atomic mass is 19.1. The maximum atomic E-state index is 15.2. The van der Waals surface area contributed by atoms with Crippen LogP contribution in [0.15, 0.2) is 79.4 Å². The number of unbranched alkanes of at least 4 members (excludes halogenated alkanes) is 3. The fourth-order valence-corrected chi connectivity index (χ4v) is 5.78. The van der Waals surface area contributed by atoms with Crippen molar-refractivity contribution in [1.82, 2.24) is 5.32 Å². The van der Waals surface area contributed by atoms with Gasteiger partial charge >= 0.3 is 0 Å². The van der Waals surface area contributed by atoms with E-state index in [1.807, 2.05) is 36.4 Å². The standard InChI is InChI=1S/C36H44FNO2/c1-3-5-6-9-27-10-12-28(13-11-27)29-14-16-30(17-15-29)32-20-23-34(35(37)26-32)31-18-21-33(22-19-31)40-25-8-7-24-38-36(39)4-2/h4,14-23,26-28H,2-3,5-13,24-25H2,1H3,(H,38,39). The molecule has 0 heterocycles. The molecule has 3 aromatic carbocycles. The average Bonchev–Trinajstić information content (AvgIpc) is 2.99. The van der Waals surface area contributed by atoms with Crippen LogP contribution < -0.4 is 10.1 Å². The van der Waals surface area contributed by atoms with Crippen LogP contribution in [0.2, 0.25) is 0 Å². The van der Waals surface area contributed by atoms with Gasteiger partial charge in [0, 0.05) is 12.1 Å². The predicted octanol–water partition coefficient (Wildman–Crippen LogP) is 9.47. The number of benzene rings is 3. The quantitative estimate of drug-likeness (QED) is 0.163. The summed E-state index contributed by atoms with van der Waals surface area (Å²) in [6.45, 7) is 6.88. The normalized spacial score (nSPS) is 16.9. The first-order valence-corrected chi connectivity index (χ1v) is 15.1. The van der Waals surface area contributed by atoms with Gasteiger partial charge in [0.25, 0.3) is 0 Å². The van der Waals surface area contributed by atoms with Crippen LogP contribution in [0.3, 0.4) is 0 Å². The number of amides is 1. The summed E-state index contributed by atoms with van der Waals surface area (Å²) in [5, 5.41) is 2.75. The van der Waals surface area contributed by atoms with E-state index in [0.717, 1.165) is 41.2 Å². The monoisotopic (exact) mass is 541 g/mol. The number of nitrogens with one attached hydrogen (secondary N) is 1. The number of rotatable bonds is 14. The molecule has 1 aliphatic rings. The van der Waals surface area contributed by atoms with Crippen LogP contribution in [-0.4, -0.2) is 19.1 Å². The lowest BCUT2D eigenvalue weighted by Crippen LogP contribution is -2.22. The highest BCUT2D eigenvalue weighted by molar-refractivity contribution is 5.86. The molecule has 0 aliphatic heterocycles.